The maximum atomic E-state index is 13.9. The second-order valence-electron chi connectivity index (χ2n) is 7.27. The summed E-state index contributed by atoms with van der Waals surface area (Å²) in [7, 11) is 3.03. The van der Waals surface area contributed by atoms with E-state index in [-0.39, 0.29) is 30.2 Å². The Bertz CT molecular complexity index is 1140. The maximum Gasteiger partial charge on any atom is 0.420 e. The van der Waals surface area contributed by atoms with E-state index in [0.29, 0.717) is 22.7 Å². The van der Waals surface area contributed by atoms with Crippen molar-refractivity contribution < 1.29 is 27.6 Å². The molecule has 0 unspecified atom stereocenters. The van der Waals surface area contributed by atoms with Crippen molar-refractivity contribution >= 4 is 28.7 Å². The van der Waals surface area contributed by atoms with Crippen molar-refractivity contribution in [3.8, 4) is 11.3 Å². The van der Waals surface area contributed by atoms with Gasteiger partial charge in [-0.15, -0.1) is 0 Å². The van der Waals surface area contributed by atoms with Gasteiger partial charge in [0, 0.05) is 31.4 Å². The van der Waals surface area contributed by atoms with Gasteiger partial charge in [-0.25, -0.2) is 0 Å². The van der Waals surface area contributed by atoms with Crippen molar-refractivity contribution in [2.75, 3.05) is 35.8 Å². The highest BCUT2D eigenvalue weighted by Crippen LogP contribution is 2.48. The molecule has 2 N–H and O–H groups in total. The number of amides is 1. The third-order valence-corrected chi connectivity index (χ3v) is 4.95. The van der Waals surface area contributed by atoms with E-state index in [2.05, 4.69) is 10.5 Å². The number of aliphatic hydroxyl groups excluding tert-OH is 1. The van der Waals surface area contributed by atoms with E-state index in [1.54, 1.807) is 36.4 Å². The minimum Gasteiger partial charge on any atom is -0.390 e. The first kappa shape index (κ1) is 20.7. The third kappa shape index (κ3) is 3.81. The number of hydrogen-bond donors (Lipinski definition) is 2. The maximum absolute atomic E-state index is 13.9. The Morgan fingerprint density at radius 2 is 2.00 bits per heavy atom. The zero-order valence-electron chi connectivity index (χ0n) is 16.7. The van der Waals surface area contributed by atoms with E-state index in [4.69, 9.17) is 4.52 Å². The topological polar surface area (TPSA) is 81.8 Å². The fourth-order valence-corrected chi connectivity index (χ4v) is 3.58. The summed E-state index contributed by atoms with van der Waals surface area (Å²) in [5.74, 6) is -0.159. The molecule has 10 heteroatoms. The molecule has 3 aromatic rings. The number of hydrogen-bond acceptors (Lipinski definition) is 6. The SMILES string of the molecule is CN(C)c1ccc2c(c1C(F)(F)F)NC(=O)CN2c1cccc(-c2cc(CO)no2)c1. The average Bonchev–Trinajstić information content (AvgIpc) is 3.21. The zero-order valence-corrected chi connectivity index (χ0v) is 16.7. The standard InChI is InChI=1S/C21H19F3N4O3/c1-27(2)15-6-7-16-20(19(15)21(22,23)24)25-18(30)10-28(16)14-5-3-4-12(8-14)17-9-13(11-29)26-31-17/h3-9,29H,10-11H2,1-2H3,(H,25,30). The lowest BCUT2D eigenvalue weighted by Gasteiger charge is -2.34. The number of aliphatic hydroxyl groups is 1. The van der Waals surface area contributed by atoms with Crippen LogP contribution in [0.2, 0.25) is 0 Å². The van der Waals surface area contributed by atoms with Crippen molar-refractivity contribution in [3.05, 3.63) is 53.7 Å². The minimum atomic E-state index is -4.66. The second-order valence-corrected chi connectivity index (χ2v) is 7.27. The molecule has 2 aromatic carbocycles. The van der Waals surface area contributed by atoms with E-state index >= 15 is 0 Å². The molecule has 0 fully saturated rings. The summed E-state index contributed by atoms with van der Waals surface area (Å²) < 4.78 is 47.0. The van der Waals surface area contributed by atoms with E-state index in [9.17, 15) is 23.1 Å². The Labute approximate surface area is 175 Å². The molecule has 1 amide bonds. The van der Waals surface area contributed by atoms with E-state index in [1.807, 2.05) is 0 Å². The lowest BCUT2D eigenvalue weighted by molar-refractivity contribution is -0.136. The van der Waals surface area contributed by atoms with Gasteiger partial charge >= 0.3 is 6.18 Å². The number of aromatic nitrogens is 1. The number of benzene rings is 2. The van der Waals surface area contributed by atoms with Gasteiger partial charge in [0.1, 0.15) is 17.8 Å². The first-order valence-corrected chi connectivity index (χ1v) is 9.35. The summed E-state index contributed by atoms with van der Waals surface area (Å²) in [5.41, 5.74) is 0.506. The lowest BCUT2D eigenvalue weighted by atomic mass is 10.0. The number of rotatable bonds is 4. The van der Waals surface area contributed by atoms with Crippen molar-refractivity contribution in [1.82, 2.24) is 5.16 Å². The zero-order chi connectivity index (χ0) is 22.3. The van der Waals surface area contributed by atoms with Gasteiger partial charge in [-0.1, -0.05) is 17.3 Å². The van der Waals surface area contributed by atoms with Crippen LogP contribution in [0.15, 0.2) is 47.0 Å². The summed E-state index contributed by atoms with van der Waals surface area (Å²) >= 11 is 0. The molecule has 1 aromatic heterocycles. The number of fused-ring (bicyclic) bond motifs is 1. The van der Waals surface area contributed by atoms with Crippen LogP contribution in [-0.4, -0.2) is 36.8 Å². The number of carbonyl (C=O) groups excluding carboxylic acids is 1. The normalized spacial score (nSPS) is 13.7. The van der Waals surface area contributed by atoms with Crippen LogP contribution in [0.3, 0.4) is 0 Å². The fraction of sp³-hybridized carbons (Fsp3) is 0.238. The number of nitrogens with zero attached hydrogens (tertiary/aromatic N) is 3. The smallest absolute Gasteiger partial charge is 0.390 e. The average molecular weight is 432 g/mol. The van der Waals surface area contributed by atoms with Crippen LogP contribution in [0.4, 0.5) is 35.9 Å². The van der Waals surface area contributed by atoms with Gasteiger partial charge in [0.2, 0.25) is 5.91 Å². The number of alkyl halides is 3. The monoisotopic (exact) mass is 432 g/mol. The summed E-state index contributed by atoms with van der Waals surface area (Å²) in [6, 6.07) is 11.4. The highest BCUT2D eigenvalue weighted by Gasteiger charge is 2.41. The predicted molar refractivity (Wildman–Crippen MR) is 109 cm³/mol. The van der Waals surface area contributed by atoms with Crippen molar-refractivity contribution in [2.24, 2.45) is 0 Å². The summed E-state index contributed by atoms with van der Waals surface area (Å²) in [6.07, 6.45) is -4.66. The van der Waals surface area contributed by atoms with Crippen LogP contribution in [0.25, 0.3) is 11.3 Å². The van der Waals surface area contributed by atoms with Gasteiger partial charge in [-0.3, -0.25) is 4.79 Å². The van der Waals surface area contributed by atoms with Gasteiger partial charge < -0.3 is 24.7 Å². The van der Waals surface area contributed by atoms with Gasteiger partial charge in [0.05, 0.1) is 23.7 Å². The second kappa shape index (κ2) is 7.62. The molecule has 0 bridgehead atoms. The van der Waals surface area contributed by atoms with Crippen LogP contribution in [0.1, 0.15) is 11.3 Å². The summed E-state index contributed by atoms with van der Waals surface area (Å²) in [5, 5.41) is 15.3. The first-order valence-electron chi connectivity index (χ1n) is 9.35. The summed E-state index contributed by atoms with van der Waals surface area (Å²) in [4.78, 5) is 15.3. The van der Waals surface area contributed by atoms with Crippen LogP contribution in [0.5, 0.6) is 0 Å². The summed E-state index contributed by atoms with van der Waals surface area (Å²) in [6.45, 7) is -0.426. The molecule has 0 spiro atoms. The Kier molecular flexibility index (Phi) is 5.10. The molecule has 0 saturated carbocycles. The molecule has 1 aliphatic rings. The highest BCUT2D eigenvalue weighted by atomic mass is 19.4. The number of carbonyl (C=O) groups is 1. The van der Waals surface area contributed by atoms with E-state index in [0.717, 1.165) is 0 Å². The van der Waals surface area contributed by atoms with Crippen molar-refractivity contribution in [3.63, 3.8) is 0 Å². The molecule has 2 heterocycles. The lowest BCUT2D eigenvalue weighted by Crippen LogP contribution is -2.36. The number of anilines is 4. The van der Waals surface area contributed by atoms with E-state index in [1.165, 1.54) is 30.0 Å². The quantitative estimate of drug-likeness (QED) is 0.649. The van der Waals surface area contributed by atoms with Crippen LogP contribution >= 0.6 is 0 Å². The van der Waals surface area contributed by atoms with E-state index < -0.39 is 17.6 Å². The first-order chi connectivity index (χ1) is 14.7. The van der Waals surface area contributed by atoms with Gasteiger partial charge in [0.25, 0.3) is 0 Å². The Morgan fingerprint density at radius 3 is 2.65 bits per heavy atom. The number of halogens is 3. The Balaban J connectivity index is 1.84. The van der Waals surface area contributed by atoms with Crippen LogP contribution < -0.4 is 15.1 Å². The largest absolute Gasteiger partial charge is 0.420 e. The molecule has 4 rings (SSSR count). The number of nitrogens with one attached hydrogen (secondary N) is 1. The molecule has 0 radical (unpaired) electrons. The molecular weight excluding hydrogens is 413 g/mol. The molecular formula is C21H19F3N4O3. The predicted octanol–water partition coefficient (Wildman–Crippen LogP) is 4.01. The minimum absolute atomic E-state index is 0.0413. The highest BCUT2D eigenvalue weighted by molar-refractivity contribution is 6.05. The Hall–Kier alpha value is -3.53. The fourth-order valence-electron chi connectivity index (χ4n) is 3.58. The van der Waals surface area contributed by atoms with Crippen molar-refractivity contribution in [1.29, 1.82) is 0 Å². The molecule has 1 aliphatic heterocycles. The van der Waals surface area contributed by atoms with Gasteiger partial charge in [-0.2, -0.15) is 13.2 Å². The molecule has 0 saturated heterocycles. The molecule has 0 atom stereocenters. The molecule has 0 aliphatic carbocycles. The molecule has 162 valence electrons. The van der Waals surface area contributed by atoms with Crippen molar-refractivity contribution in [2.45, 2.75) is 12.8 Å². The van der Waals surface area contributed by atoms with Crippen LogP contribution in [0, 0.1) is 0 Å². The Morgan fingerprint density at radius 1 is 1.23 bits per heavy atom. The third-order valence-electron chi connectivity index (χ3n) is 4.95. The van der Waals surface area contributed by atoms with Gasteiger partial charge in [-0.05, 0) is 24.3 Å². The molecule has 7 nitrogen and oxygen atoms in total. The van der Waals surface area contributed by atoms with Gasteiger partial charge in [0.15, 0.2) is 5.76 Å². The molecule has 31 heavy (non-hydrogen) atoms. The van der Waals surface area contributed by atoms with Crippen LogP contribution in [-0.2, 0) is 17.6 Å².